The lowest BCUT2D eigenvalue weighted by molar-refractivity contribution is 0.0662. The van der Waals surface area contributed by atoms with E-state index in [4.69, 9.17) is 4.74 Å². The topological polar surface area (TPSA) is 82.1 Å². The van der Waals surface area contributed by atoms with Gasteiger partial charge in [-0.05, 0) is 37.5 Å². The highest BCUT2D eigenvalue weighted by molar-refractivity contribution is 5.94. The molecule has 0 spiro atoms. The Morgan fingerprint density at radius 3 is 2.64 bits per heavy atom. The van der Waals surface area contributed by atoms with Crippen molar-refractivity contribution in [1.82, 2.24) is 15.1 Å². The van der Waals surface area contributed by atoms with Crippen LogP contribution in [0.4, 0.5) is 4.79 Å². The number of phenols is 1. The van der Waals surface area contributed by atoms with Crippen LogP contribution in [0.1, 0.15) is 29.6 Å². The van der Waals surface area contributed by atoms with Crippen LogP contribution < -0.4 is 5.32 Å². The standard InChI is InChI=1S/C18H25N3O4/c22-15-4-1-3-14(13-15)17(23)20-8-10-21(11-9-20)18(24)19-7-6-16-5-2-12-25-16/h1,3-4,13,16,22H,2,5-12H2,(H,19,24). The first kappa shape index (κ1) is 17.5. The molecule has 0 aromatic heterocycles. The molecule has 3 amide bonds. The van der Waals surface area contributed by atoms with E-state index in [9.17, 15) is 14.7 Å². The highest BCUT2D eigenvalue weighted by Crippen LogP contribution is 2.15. The van der Waals surface area contributed by atoms with Crippen LogP contribution in [-0.2, 0) is 4.74 Å². The Kier molecular flexibility index (Phi) is 5.75. The molecule has 25 heavy (non-hydrogen) atoms. The Morgan fingerprint density at radius 2 is 1.96 bits per heavy atom. The van der Waals surface area contributed by atoms with E-state index in [2.05, 4.69) is 5.32 Å². The van der Waals surface area contributed by atoms with Crippen molar-refractivity contribution in [3.63, 3.8) is 0 Å². The molecule has 0 saturated carbocycles. The molecule has 1 atom stereocenters. The summed E-state index contributed by atoms with van der Waals surface area (Å²) in [5.41, 5.74) is 0.467. The quantitative estimate of drug-likeness (QED) is 0.863. The molecule has 2 fully saturated rings. The first-order valence-electron chi connectivity index (χ1n) is 8.86. The molecule has 2 aliphatic heterocycles. The number of hydrogen-bond acceptors (Lipinski definition) is 4. The molecule has 7 nitrogen and oxygen atoms in total. The maximum absolute atomic E-state index is 12.4. The predicted molar refractivity (Wildman–Crippen MR) is 92.6 cm³/mol. The lowest BCUT2D eigenvalue weighted by Crippen LogP contribution is -2.53. The number of nitrogens with one attached hydrogen (secondary N) is 1. The Balaban J connectivity index is 1.41. The first-order valence-corrected chi connectivity index (χ1v) is 8.86. The summed E-state index contributed by atoms with van der Waals surface area (Å²) < 4.78 is 5.54. The fraction of sp³-hybridized carbons (Fsp3) is 0.556. The molecule has 0 aliphatic carbocycles. The number of aromatic hydroxyl groups is 1. The number of piperazine rings is 1. The molecular formula is C18H25N3O4. The smallest absolute Gasteiger partial charge is 0.317 e. The van der Waals surface area contributed by atoms with Gasteiger partial charge in [-0.1, -0.05) is 6.07 Å². The molecule has 136 valence electrons. The fourth-order valence-corrected chi connectivity index (χ4v) is 3.26. The van der Waals surface area contributed by atoms with Crippen LogP contribution in [-0.4, -0.2) is 72.3 Å². The van der Waals surface area contributed by atoms with Crippen molar-refractivity contribution in [3.05, 3.63) is 29.8 Å². The number of rotatable bonds is 4. The zero-order chi connectivity index (χ0) is 17.6. The van der Waals surface area contributed by atoms with Crippen molar-refractivity contribution < 1.29 is 19.4 Å². The zero-order valence-electron chi connectivity index (χ0n) is 14.3. The van der Waals surface area contributed by atoms with Gasteiger partial charge in [0.05, 0.1) is 6.10 Å². The Bertz CT molecular complexity index is 608. The fourth-order valence-electron chi connectivity index (χ4n) is 3.26. The molecule has 3 rings (SSSR count). The molecule has 2 aliphatic rings. The van der Waals surface area contributed by atoms with Gasteiger partial charge in [-0.25, -0.2) is 4.79 Å². The number of hydrogen-bond donors (Lipinski definition) is 2. The molecule has 2 saturated heterocycles. The van der Waals surface area contributed by atoms with E-state index in [-0.39, 0.29) is 23.8 Å². The van der Waals surface area contributed by atoms with Gasteiger partial charge in [0.1, 0.15) is 5.75 Å². The third-order valence-electron chi connectivity index (χ3n) is 4.71. The van der Waals surface area contributed by atoms with E-state index in [1.807, 2.05) is 0 Å². The van der Waals surface area contributed by atoms with Gasteiger partial charge >= 0.3 is 6.03 Å². The maximum atomic E-state index is 12.4. The summed E-state index contributed by atoms with van der Waals surface area (Å²) >= 11 is 0. The Hall–Kier alpha value is -2.28. The molecule has 2 heterocycles. The maximum Gasteiger partial charge on any atom is 0.317 e. The third kappa shape index (κ3) is 4.63. The van der Waals surface area contributed by atoms with E-state index in [1.165, 1.54) is 12.1 Å². The number of amides is 3. The first-order chi connectivity index (χ1) is 12.1. The summed E-state index contributed by atoms with van der Waals surface area (Å²) in [7, 11) is 0. The van der Waals surface area contributed by atoms with E-state index in [0.717, 1.165) is 25.9 Å². The number of benzene rings is 1. The van der Waals surface area contributed by atoms with Gasteiger partial charge in [0, 0.05) is 44.9 Å². The second kappa shape index (κ2) is 8.20. The van der Waals surface area contributed by atoms with Crippen LogP contribution in [0.3, 0.4) is 0 Å². The largest absolute Gasteiger partial charge is 0.508 e. The van der Waals surface area contributed by atoms with Crippen molar-refractivity contribution >= 4 is 11.9 Å². The predicted octanol–water partition coefficient (Wildman–Crippen LogP) is 1.43. The van der Waals surface area contributed by atoms with Crippen LogP contribution in [0, 0.1) is 0 Å². The third-order valence-corrected chi connectivity index (χ3v) is 4.71. The van der Waals surface area contributed by atoms with Crippen molar-refractivity contribution in [1.29, 1.82) is 0 Å². The van der Waals surface area contributed by atoms with Crippen molar-refractivity contribution in [2.45, 2.75) is 25.4 Å². The second-order valence-electron chi connectivity index (χ2n) is 6.49. The average molecular weight is 347 g/mol. The van der Waals surface area contributed by atoms with Crippen molar-refractivity contribution in [3.8, 4) is 5.75 Å². The Labute approximate surface area is 147 Å². The Morgan fingerprint density at radius 1 is 1.20 bits per heavy atom. The SMILES string of the molecule is O=C(NCCC1CCCO1)N1CCN(C(=O)c2cccc(O)c2)CC1. The monoisotopic (exact) mass is 347 g/mol. The summed E-state index contributed by atoms with van der Waals surface area (Å²) in [5.74, 6) is -0.0375. The summed E-state index contributed by atoms with van der Waals surface area (Å²) in [6.07, 6.45) is 3.30. The molecular weight excluding hydrogens is 322 g/mol. The normalized spacial score (nSPS) is 20.6. The number of ether oxygens (including phenoxy) is 1. The van der Waals surface area contributed by atoms with Gasteiger partial charge in [0.25, 0.3) is 5.91 Å². The van der Waals surface area contributed by atoms with E-state index in [0.29, 0.717) is 38.3 Å². The van der Waals surface area contributed by atoms with Gasteiger partial charge in [-0.3, -0.25) is 4.79 Å². The van der Waals surface area contributed by atoms with Crippen LogP contribution in [0.25, 0.3) is 0 Å². The highest BCUT2D eigenvalue weighted by atomic mass is 16.5. The lowest BCUT2D eigenvalue weighted by atomic mass is 10.1. The molecule has 0 radical (unpaired) electrons. The summed E-state index contributed by atoms with van der Waals surface area (Å²) in [4.78, 5) is 28.1. The molecule has 1 unspecified atom stereocenters. The van der Waals surface area contributed by atoms with Gasteiger partial charge in [0.2, 0.25) is 0 Å². The molecule has 1 aromatic rings. The summed E-state index contributed by atoms with van der Waals surface area (Å²) in [6.45, 7) is 3.45. The van der Waals surface area contributed by atoms with E-state index >= 15 is 0 Å². The van der Waals surface area contributed by atoms with Gasteiger partial charge in [-0.15, -0.1) is 0 Å². The minimum Gasteiger partial charge on any atom is -0.508 e. The van der Waals surface area contributed by atoms with Crippen LogP contribution in [0.2, 0.25) is 0 Å². The molecule has 7 heteroatoms. The number of urea groups is 1. The van der Waals surface area contributed by atoms with E-state index in [1.54, 1.807) is 21.9 Å². The number of nitrogens with zero attached hydrogens (tertiary/aromatic N) is 2. The summed E-state index contributed by atoms with van der Waals surface area (Å²) in [5, 5.41) is 12.4. The lowest BCUT2D eigenvalue weighted by Gasteiger charge is -2.34. The van der Waals surface area contributed by atoms with Gasteiger partial charge in [-0.2, -0.15) is 0 Å². The van der Waals surface area contributed by atoms with Crippen LogP contribution >= 0.6 is 0 Å². The van der Waals surface area contributed by atoms with Gasteiger partial charge < -0.3 is 25.0 Å². The zero-order valence-corrected chi connectivity index (χ0v) is 14.3. The number of phenolic OH excluding ortho intramolecular Hbond substituents is 1. The van der Waals surface area contributed by atoms with Crippen molar-refractivity contribution in [2.24, 2.45) is 0 Å². The molecule has 2 N–H and O–H groups in total. The van der Waals surface area contributed by atoms with Crippen LogP contribution in [0.5, 0.6) is 5.75 Å². The minimum atomic E-state index is -0.116. The minimum absolute atomic E-state index is 0.0788. The molecule has 0 bridgehead atoms. The number of carbonyl (C=O) groups excluding carboxylic acids is 2. The second-order valence-corrected chi connectivity index (χ2v) is 6.49. The van der Waals surface area contributed by atoms with E-state index < -0.39 is 0 Å². The average Bonchev–Trinajstić information content (AvgIpc) is 3.14. The number of carbonyl (C=O) groups is 2. The highest BCUT2D eigenvalue weighted by Gasteiger charge is 2.25. The van der Waals surface area contributed by atoms with Crippen molar-refractivity contribution in [2.75, 3.05) is 39.3 Å². The van der Waals surface area contributed by atoms with Gasteiger partial charge in [0.15, 0.2) is 0 Å². The summed E-state index contributed by atoms with van der Waals surface area (Å²) in [6, 6.07) is 6.26. The van der Waals surface area contributed by atoms with Crippen LogP contribution in [0.15, 0.2) is 24.3 Å². The molecule has 1 aromatic carbocycles.